The number of ketones is 1. The lowest BCUT2D eigenvalue weighted by Crippen LogP contribution is -2.67. The van der Waals surface area contributed by atoms with Gasteiger partial charge in [0, 0.05) is 31.6 Å². The topological polar surface area (TPSA) is 53.8 Å². The van der Waals surface area contributed by atoms with Crippen LogP contribution in [0.25, 0.3) is 6.08 Å². The van der Waals surface area contributed by atoms with Crippen molar-refractivity contribution in [2.45, 2.75) is 99.3 Å². The molecule has 1 aliphatic heterocycles. The first-order valence-corrected chi connectivity index (χ1v) is 18.1. The summed E-state index contributed by atoms with van der Waals surface area (Å²) in [4.78, 5) is 33.3. The second-order valence-electron chi connectivity index (χ2n) is 17.8. The van der Waals surface area contributed by atoms with Crippen molar-refractivity contribution in [2.24, 2.45) is 56.7 Å². The molecule has 9 atom stereocenters. The zero-order valence-electron chi connectivity index (χ0n) is 29.2. The molecule has 0 aromatic carbocycles. The first-order valence-electron chi connectivity index (χ1n) is 18.1. The standard InChI is InChI=1S/C40H58N2O3/c1-26(2)29-13-16-40(35(44)42-21-19-41(8)20-22-42)18-17-38(6)30(33(29)40)11-12-32-37(5)25-27(24-28-10-9-23-45-28)34(43)36(3,4)31(37)14-15-39(32,38)7/h9-10,23-24,29-33H,1,11-22,25H2,2-8H3/b27-24-/t29-,30+,31-,32+,33+,37-,38+,39+,40-/m0/s1. The van der Waals surface area contributed by atoms with E-state index < -0.39 is 5.41 Å². The molecule has 1 aromatic rings. The number of carbonyl (C=O) groups is 2. The molecule has 5 aliphatic carbocycles. The minimum Gasteiger partial charge on any atom is -0.465 e. The summed E-state index contributed by atoms with van der Waals surface area (Å²) in [5.74, 6) is 3.84. The van der Waals surface area contributed by atoms with Crippen molar-refractivity contribution in [3.8, 4) is 0 Å². The Morgan fingerprint density at radius 2 is 1.67 bits per heavy atom. The highest BCUT2D eigenvalue weighted by Crippen LogP contribution is 2.77. The summed E-state index contributed by atoms with van der Waals surface area (Å²) in [6.45, 7) is 22.7. The molecule has 6 fully saturated rings. The summed E-state index contributed by atoms with van der Waals surface area (Å²) in [6.07, 6.45) is 13.6. The Bertz CT molecular complexity index is 1400. The molecular weight excluding hydrogens is 556 g/mol. The van der Waals surface area contributed by atoms with E-state index in [9.17, 15) is 9.59 Å². The number of likely N-dealkylation sites (N-methyl/N-ethyl adjacent to an activating group) is 1. The largest absolute Gasteiger partial charge is 0.465 e. The summed E-state index contributed by atoms with van der Waals surface area (Å²) in [5, 5.41) is 0. The van der Waals surface area contributed by atoms with Gasteiger partial charge in [-0.25, -0.2) is 0 Å². The van der Waals surface area contributed by atoms with Crippen molar-refractivity contribution in [3.63, 3.8) is 0 Å². The average Bonchev–Trinajstić information content (AvgIpc) is 3.65. The molecule has 0 unspecified atom stereocenters. The van der Waals surface area contributed by atoms with Crippen LogP contribution in [0, 0.1) is 56.7 Å². The van der Waals surface area contributed by atoms with Gasteiger partial charge in [0.15, 0.2) is 5.78 Å². The molecule has 7 rings (SSSR count). The Hall–Kier alpha value is -2.14. The summed E-state index contributed by atoms with van der Waals surface area (Å²) in [7, 11) is 2.18. The Morgan fingerprint density at radius 3 is 2.33 bits per heavy atom. The summed E-state index contributed by atoms with van der Waals surface area (Å²) >= 11 is 0. The fourth-order valence-corrected chi connectivity index (χ4v) is 13.4. The minimum atomic E-state index is -0.391. The predicted octanol–water partition coefficient (Wildman–Crippen LogP) is 8.27. The molecule has 6 aliphatic rings. The average molecular weight is 615 g/mol. The lowest BCUT2D eigenvalue weighted by atomic mass is 9.32. The molecule has 5 saturated carbocycles. The van der Waals surface area contributed by atoms with Crippen LogP contribution in [0.15, 0.2) is 40.5 Å². The van der Waals surface area contributed by atoms with Crippen LogP contribution in [0.3, 0.4) is 0 Å². The van der Waals surface area contributed by atoms with Crippen LogP contribution in [0.1, 0.15) is 105 Å². The summed E-state index contributed by atoms with van der Waals surface area (Å²) < 4.78 is 5.71. The number of amides is 1. The van der Waals surface area contributed by atoms with E-state index in [1.165, 1.54) is 24.8 Å². The molecule has 0 spiro atoms. The van der Waals surface area contributed by atoms with E-state index in [4.69, 9.17) is 4.42 Å². The number of piperazine rings is 1. The molecule has 0 bridgehead atoms. The van der Waals surface area contributed by atoms with Crippen molar-refractivity contribution >= 4 is 17.8 Å². The molecule has 0 radical (unpaired) electrons. The maximum absolute atomic E-state index is 14.7. The molecule has 45 heavy (non-hydrogen) atoms. The highest BCUT2D eigenvalue weighted by Gasteiger charge is 2.72. The molecule has 2 heterocycles. The third-order valence-corrected chi connectivity index (χ3v) is 15.7. The van der Waals surface area contributed by atoms with Crippen LogP contribution in [0.2, 0.25) is 0 Å². The van der Waals surface area contributed by atoms with Crippen LogP contribution in [0.4, 0.5) is 0 Å². The quantitative estimate of drug-likeness (QED) is 0.254. The fraction of sp³-hybridized carbons (Fsp3) is 0.750. The molecule has 5 nitrogen and oxygen atoms in total. The number of nitrogens with zero attached hydrogens (tertiary/aromatic N) is 2. The zero-order valence-corrected chi connectivity index (χ0v) is 29.2. The van der Waals surface area contributed by atoms with Gasteiger partial charge < -0.3 is 14.2 Å². The van der Waals surface area contributed by atoms with E-state index in [0.29, 0.717) is 41.3 Å². The molecular formula is C40H58N2O3. The van der Waals surface area contributed by atoms with Gasteiger partial charge in [-0.1, -0.05) is 46.8 Å². The molecule has 246 valence electrons. The van der Waals surface area contributed by atoms with E-state index in [1.807, 2.05) is 18.2 Å². The highest BCUT2D eigenvalue weighted by atomic mass is 16.3. The van der Waals surface area contributed by atoms with Crippen molar-refractivity contribution in [1.29, 1.82) is 0 Å². The summed E-state index contributed by atoms with van der Waals surface area (Å²) in [5.41, 5.74) is 1.99. The van der Waals surface area contributed by atoms with Gasteiger partial charge in [-0.15, -0.1) is 0 Å². The van der Waals surface area contributed by atoms with Crippen molar-refractivity contribution in [3.05, 3.63) is 41.9 Å². The van der Waals surface area contributed by atoms with E-state index in [-0.39, 0.29) is 21.7 Å². The van der Waals surface area contributed by atoms with Crippen LogP contribution < -0.4 is 0 Å². The Kier molecular flexibility index (Phi) is 7.29. The normalized spacial score (nSPS) is 45.4. The number of carbonyl (C=O) groups excluding carboxylic acids is 2. The smallest absolute Gasteiger partial charge is 0.229 e. The van der Waals surface area contributed by atoms with Crippen molar-refractivity contribution < 1.29 is 14.0 Å². The van der Waals surface area contributed by atoms with Crippen LogP contribution in [0.5, 0.6) is 0 Å². The van der Waals surface area contributed by atoms with Gasteiger partial charge in [-0.3, -0.25) is 9.59 Å². The van der Waals surface area contributed by atoms with E-state index in [2.05, 4.69) is 65.0 Å². The van der Waals surface area contributed by atoms with Gasteiger partial charge in [0.1, 0.15) is 5.76 Å². The predicted molar refractivity (Wildman–Crippen MR) is 180 cm³/mol. The van der Waals surface area contributed by atoms with E-state index in [0.717, 1.165) is 76.0 Å². The lowest BCUT2D eigenvalue weighted by Gasteiger charge is -2.72. The molecule has 0 N–H and O–H groups in total. The number of hydrogen-bond acceptors (Lipinski definition) is 4. The van der Waals surface area contributed by atoms with E-state index >= 15 is 0 Å². The van der Waals surface area contributed by atoms with Gasteiger partial charge in [0.05, 0.1) is 11.7 Å². The monoisotopic (exact) mass is 614 g/mol. The maximum atomic E-state index is 14.7. The number of fused-ring (bicyclic) bond motifs is 7. The number of hydrogen-bond donors (Lipinski definition) is 0. The van der Waals surface area contributed by atoms with Gasteiger partial charge in [0.25, 0.3) is 0 Å². The minimum absolute atomic E-state index is 0.0461. The molecule has 5 heteroatoms. The highest BCUT2D eigenvalue weighted by molar-refractivity contribution is 6.04. The molecule has 1 amide bonds. The number of furan rings is 1. The van der Waals surface area contributed by atoms with Crippen molar-refractivity contribution in [2.75, 3.05) is 33.2 Å². The number of rotatable bonds is 3. The lowest BCUT2D eigenvalue weighted by molar-refractivity contribution is -0.231. The second-order valence-corrected chi connectivity index (χ2v) is 17.8. The fourth-order valence-electron chi connectivity index (χ4n) is 13.4. The van der Waals surface area contributed by atoms with Gasteiger partial charge >= 0.3 is 0 Å². The Balaban J connectivity index is 1.26. The maximum Gasteiger partial charge on any atom is 0.229 e. The van der Waals surface area contributed by atoms with Crippen LogP contribution in [-0.4, -0.2) is 54.7 Å². The summed E-state index contributed by atoms with van der Waals surface area (Å²) in [6, 6.07) is 3.88. The number of Topliss-reactive ketones (excluding diaryl/α,β-unsaturated/α-hetero) is 1. The second kappa shape index (κ2) is 10.4. The molecule has 1 aromatic heterocycles. The van der Waals surface area contributed by atoms with Gasteiger partial charge in [0.2, 0.25) is 5.91 Å². The van der Waals surface area contributed by atoms with Gasteiger partial charge in [-0.2, -0.15) is 0 Å². The molecule has 1 saturated heterocycles. The zero-order chi connectivity index (χ0) is 32.2. The third kappa shape index (κ3) is 4.27. The van der Waals surface area contributed by atoms with Crippen LogP contribution in [-0.2, 0) is 9.59 Å². The first kappa shape index (κ1) is 31.5. The Morgan fingerprint density at radius 1 is 0.933 bits per heavy atom. The van der Waals surface area contributed by atoms with Crippen LogP contribution >= 0.6 is 0 Å². The van der Waals surface area contributed by atoms with Crippen molar-refractivity contribution in [1.82, 2.24) is 9.80 Å². The van der Waals surface area contributed by atoms with Gasteiger partial charge in [-0.05, 0) is 141 Å². The number of allylic oxidation sites excluding steroid dienone is 2. The SMILES string of the molecule is C=C(C)[C@@H]1CC[C@]2(C(=O)N3CCN(C)CC3)CC[C@]3(C)[C@H](CC[C@@H]4[C@@]5(C)C/C(=C/c6ccco6)C(=O)C(C)(C)[C@@H]5CC[C@]43C)[C@@H]12. The first-order chi connectivity index (χ1) is 21.2. The Labute approximate surface area is 272 Å². The van der Waals surface area contributed by atoms with E-state index in [1.54, 1.807) is 6.26 Å². The third-order valence-electron chi connectivity index (χ3n) is 15.7.